The summed E-state index contributed by atoms with van der Waals surface area (Å²) in [6.45, 7) is 0. The van der Waals surface area contributed by atoms with Crippen molar-refractivity contribution in [2.75, 3.05) is 0 Å². The van der Waals surface area contributed by atoms with Crippen LogP contribution in [-0.2, 0) is 0 Å². The SMILES string of the molecule is [N-]=[N+]=C1c2cc(Cl)ccc2-c2ccc(Cl)cc21. The minimum atomic E-state index is 0.514. The van der Waals surface area contributed by atoms with E-state index in [2.05, 4.69) is 4.79 Å². The first kappa shape index (κ1) is 10.5. The highest BCUT2D eigenvalue weighted by Gasteiger charge is 2.31. The van der Waals surface area contributed by atoms with Gasteiger partial charge in [0.25, 0.3) is 0 Å². The average Bonchev–Trinajstić information content (AvgIpc) is 2.60. The van der Waals surface area contributed by atoms with Crippen molar-refractivity contribution in [3.05, 3.63) is 63.1 Å². The lowest BCUT2D eigenvalue weighted by atomic mass is 10.1. The topological polar surface area (TPSA) is 36.4 Å². The highest BCUT2D eigenvalue weighted by molar-refractivity contribution is 6.33. The maximum atomic E-state index is 9.14. The molecule has 17 heavy (non-hydrogen) atoms. The molecule has 2 aromatic rings. The Bertz CT molecular complexity index is 632. The van der Waals surface area contributed by atoms with Crippen LogP contribution in [0.3, 0.4) is 0 Å². The highest BCUT2D eigenvalue weighted by atomic mass is 35.5. The standard InChI is InChI=1S/C13H6Cl2N2/c14-7-1-3-9-10-4-2-8(15)6-12(10)13(17-16)11(9)5-7/h1-6H. The predicted octanol–water partition coefficient (Wildman–Crippen LogP) is 4.04. The smallest absolute Gasteiger partial charge is 0.331 e. The van der Waals surface area contributed by atoms with Crippen molar-refractivity contribution < 1.29 is 4.79 Å². The van der Waals surface area contributed by atoms with E-state index in [9.17, 15) is 0 Å². The molecule has 0 spiro atoms. The predicted molar refractivity (Wildman–Crippen MR) is 68.7 cm³/mol. The second-order valence-electron chi connectivity index (χ2n) is 3.83. The van der Waals surface area contributed by atoms with Gasteiger partial charge in [-0.1, -0.05) is 35.3 Å². The number of hydrogen-bond acceptors (Lipinski definition) is 0. The molecule has 0 aromatic heterocycles. The molecule has 0 atom stereocenters. The Balaban J connectivity index is 2.41. The molecule has 0 saturated heterocycles. The van der Waals surface area contributed by atoms with Crippen LogP contribution in [0.4, 0.5) is 0 Å². The van der Waals surface area contributed by atoms with Gasteiger partial charge in [-0.05, 0) is 35.4 Å². The number of rotatable bonds is 0. The first-order chi connectivity index (χ1) is 8.20. The summed E-state index contributed by atoms with van der Waals surface area (Å²) in [6.07, 6.45) is 0. The zero-order valence-electron chi connectivity index (χ0n) is 8.61. The van der Waals surface area contributed by atoms with Gasteiger partial charge in [0.1, 0.15) is 0 Å². The molecule has 2 nitrogen and oxygen atoms in total. The first-order valence-electron chi connectivity index (χ1n) is 5.03. The van der Waals surface area contributed by atoms with Crippen molar-refractivity contribution in [3.63, 3.8) is 0 Å². The molecule has 1 aliphatic rings. The second kappa shape index (κ2) is 3.71. The van der Waals surface area contributed by atoms with Crippen LogP contribution < -0.4 is 0 Å². The Morgan fingerprint density at radius 1 is 0.765 bits per heavy atom. The van der Waals surface area contributed by atoms with Crippen LogP contribution in [0.5, 0.6) is 0 Å². The molecule has 82 valence electrons. The van der Waals surface area contributed by atoms with E-state index in [-0.39, 0.29) is 0 Å². The molecule has 0 saturated carbocycles. The van der Waals surface area contributed by atoms with Crippen LogP contribution in [0.2, 0.25) is 10.0 Å². The lowest BCUT2D eigenvalue weighted by molar-refractivity contribution is -0.00243. The van der Waals surface area contributed by atoms with Crippen molar-refractivity contribution in [1.82, 2.24) is 0 Å². The fraction of sp³-hybridized carbons (Fsp3) is 0. The van der Waals surface area contributed by atoms with Crippen LogP contribution in [0.25, 0.3) is 16.7 Å². The summed E-state index contributed by atoms with van der Waals surface area (Å²) in [5, 5.41) is 1.23. The maximum absolute atomic E-state index is 9.14. The van der Waals surface area contributed by atoms with Gasteiger partial charge in [0, 0.05) is 10.0 Å². The van der Waals surface area contributed by atoms with E-state index in [0.717, 1.165) is 22.3 Å². The third kappa shape index (κ3) is 1.50. The number of nitrogens with zero attached hydrogens (tertiary/aromatic N) is 2. The quantitative estimate of drug-likeness (QED) is 0.432. The minimum Gasteiger partial charge on any atom is -0.361 e. The Hall–Kier alpha value is -1.60. The number of benzene rings is 2. The van der Waals surface area contributed by atoms with Crippen molar-refractivity contribution >= 4 is 28.9 Å². The summed E-state index contributed by atoms with van der Waals surface area (Å²) >= 11 is 11.9. The monoisotopic (exact) mass is 260 g/mol. The molecule has 2 aromatic carbocycles. The lowest BCUT2D eigenvalue weighted by Gasteiger charge is -1.98. The Morgan fingerprint density at radius 2 is 1.24 bits per heavy atom. The second-order valence-corrected chi connectivity index (χ2v) is 4.70. The van der Waals surface area contributed by atoms with Crippen molar-refractivity contribution in [1.29, 1.82) is 0 Å². The summed E-state index contributed by atoms with van der Waals surface area (Å²) in [5.41, 5.74) is 13.3. The molecular formula is C13H6Cl2N2. The first-order valence-corrected chi connectivity index (χ1v) is 5.78. The molecule has 0 amide bonds. The molecule has 0 aliphatic heterocycles. The molecule has 0 unspecified atom stereocenters. The van der Waals surface area contributed by atoms with Gasteiger partial charge in [-0.25, -0.2) is 0 Å². The van der Waals surface area contributed by atoms with Crippen LogP contribution in [0.1, 0.15) is 11.1 Å². The summed E-state index contributed by atoms with van der Waals surface area (Å²) in [7, 11) is 0. The van der Waals surface area contributed by atoms with Crippen molar-refractivity contribution in [2.45, 2.75) is 0 Å². The van der Waals surface area contributed by atoms with E-state index in [1.165, 1.54) is 0 Å². The fourth-order valence-corrected chi connectivity index (χ4v) is 2.49. The Morgan fingerprint density at radius 3 is 1.65 bits per heavy atom. The van der Waals surface area contributed by atoms with Gasteiger partial charge in [0.15, 0.2) is 0 Å². The molecule has 0 radical (unpaired) electrons. The normalized spacial score (nSPS) is 12.0. The van der Waals surface area contributed by atoms with E-state index in [1.807, 2.05) is 24.3 Å². The Labute approximate surface area is 108 Å². The van der Waals surface area contributed by atoms with Crippen LogP contribution in [0, 0.1) is 0 Å². The van der Waals surface area contributed by atoms with E-state index in [0.29, 0.717) is 15.8 Å². The average molecular weight is 261 g/mol. The summed E-state index contributed by atoms with van der Waals surface area (Å²) < 4.78 is 0. The van der Waals surface area contributed by atoms with E-state index in [4.69, 9.17) is 28.7 Å². The van der Waals surface area contributed by atoms with Gasteiger partial charge in [0.05, 0.1) is 11.1 Å². The summed E-state index contributed by atoms with van der Waals surface area (Å²) in [5.74, 6) is 0. The highest BCUT2D eigenvalue weighted by Crippen LogP contribution is 2.38. The van der Waals surface area contributed by atoms with Gasteiger partial charge in [0.2, 0.25) is 0 Å². The molecular weight excluding hydrogens is 255 g/mol. The van der Waals surface area contributed by atoms with Crippen molar-refractivity contribution in [3.8, 4) is 11.1 Å². The van der Waals surface area contributed by atoms with E-state index >= 15 is 0 Å². The largest absolute Gasteiger partial charge is 0.361 e. The molecule has 3 rings (SSSR count). The van der Waals surface area contributed by atoms with Crippen LogP contribution in [-0.4, -0.2) is 10.5 Å². The van der Waals surface area contributed by atoms with E-state index < -0.39 is 0 Å². The number of hydrogen-bond donors (Lipinski definition) is 0. The van der Waals surface area contributed by atoms with Gasteiger partial charge in [-0.3, -0.25) is 0 Å². The van der Waals surface area contributed by atoms with Gasteiger partial charge < -0.3 is 5.53 Å². The third-order valence-electron chi connectivity index (χ3n) is 2.86. The van der Waals surface area contributed by atoms with Crippen LogP contribution in [0.15, 0.2) is 36.4 Å². The number of fused-ring (bicyclic) bond motifs is 3. The molecule has 0 fully saturated rings. The molecule has 0 heterocycles. The third-order valence-corrected chi connectivity index (χ3v) is 3.33. The zero-order chi connectivity index (χ0) is 12.0. The van der Waals surface area contributed by atoms with Gasteiger partial charge in [-0.2, -0.15) is 4.79 Å². The summed E-state index contributed by atoms with van der Waals surface area (Å²) in [6, 6.07) is 11.1. The van der Waals surface area contributed by atoms with Crippen LogP contribution >= 0.6 is 23.2 Å². The zero-order valence-corrected chi connectivity index (χ0v) is 10.1. The molecule has 0 bridgehead atoms. The molecule has 4 heteroatoms. The molecule has 1 aliphatic carbocycles. The van der Waals surface area contributed by atoms with Gasteiger partial charge in [-0.15, -0.1) is 0 Å². The fourth-order valence-electron chi connectivity index (χ4n) is 2.15. The molecule has 0 N–H and O–H groups in total. The summed E-state index contributed by atoms with van der Waals surface area (Å²) in [4.78, 5) is 3.35. The lowest BCUT2D eigenvalue weighted by Crippen LogP contribution is -1.98. The minimum absolute atomic E-state index is 0.514. The maximum Gasteiger partial charge on any atom is 0.331 e. The Kier molecular flexibility index (Phi) is 2.30. The van der Waals surface area contributed by atoms with Crippen molar-refractivity contribution in [2.24, 2.45) is 0 Å². The van der Waals surface area contributed by atoms with Gasteiger partial charge >= 0.3 is 5.71 Å². The van der Waals surface area contributed by atoms with E-state index in [1.54, 1.807) is 12.1 Å². The number of halogens is 2.